The molecule has 154 valence electrons. The van der Waals surface area contributed by atoms with E-state index in [4.69, 9.17) is 9.47 Å². The normalized spacial score (nSPS) is 12.9. The van der Waals surface area contributed by atoms with E-state index < -0.39 is 0 Å². The van der Waals surface area contributed by atoms with Crippen molar-refractivity contribution in [1.82, 2.24) is 0 Å². The van der Waals surface area contributed by atoms with Crippen molar-refractivity contribution in [3.63, 3.8) is 0 Å². The van der Waals surface area contributed by atoms with Gasteiger partial charge in [0.25, 0.3) is 5.91 Å². The van der Waals surface area contributed by atoms with Gasteiger partial charge < -0.3 is 19.7 Å². The summed E-state index contributed by atoms with van der Waals surface area (Å²) in [5.74, 6) is 1.03. The maximum absolute atomic E-state index is 12.8. The Morgan fingerprint density at radius 2 is 1.76 bits per heavy atom. The van der Waals surface area contributed by atoms with Gasteiger partial charge in [-0.1, -0.05) is 13.0 Å². The first-order chi connectivity index (χ1) is 14.1. The van der Waals surface area contributed by atoms with E-state index in [1.165, 1.54) is 0 Å². The Balaban J connectivity index is 1.82. The average molecular weight is 396 g/mol. The maximum Gasteiger partial charge on any atom is 0.255 e. The third-order valence-corrected chi connectivity index (χ3v) is 4.87. The summed E-state index contributed by atoms with van der Waals surface area (Å²) in [6, 6.07) is 10.9. The predicted octanol–water partition coefficient (Wildman–Crippen LogP) is 4.43. The number of hydrogen-bond acceptors (Lipinski definition) is 4. The van der Waals surface area contributed by atoms with E-state index in [0.29, 0.717) is 48.9 Å². The smallest absolute Gasteiger partial charge is 0.255 e. The highest BCUT2D eigenvalue weighted by molar-refractivity contribution is 6.05. The molecule has 0 spiro atoms. The van der Waals surface area contributed by atoms with E-state index in [2.05, 4.69) is 5.32 Å². The summed E-state index contributed by atoms with van der Waals surface area (Å²) in [6.45, 7) is 7.38. The molecule has 3 rings (SSSR count). The van der Waals surface area contributed by atoms with Gasteiger partial charge in [-0.3, -0.25) is 9.59 Å². The monoisotopic (exact) mass is 396 g/mol. The minimum absolute atomic E-state index is 0.0993. The zero-order chi connectivity index (χ0) is 20.8. The lowest BCUT2D eigenvalue weighted by molar-refractivity contribution is -0.118. The Labute approximate surface area is 171 Å². The summed E-state index contributed by atoms with van der Waals surface area (Å²) in [6.07, 6.45) is 2.35. The van der Waals surface area contributed by atoms with Crippen LogP contribution in [-0.2, 0) is 11.2 Å². The number of carbonyl (C=O) groups excluding carboxylic acids is 2. The molecule has 0 aliphatic carbocycles. The molecular weight excluding hydrogens is 368 g/mol. The minimum atomic E-state index is -0.238. The highest BCUT2D eigenvalue weighted by Gasteiger charge is 2.22. The number of carbonyl (C=O) groups is 2. The number of rotatable bonds is 7. The second-order valence-electron chi connectivity index (χ2n) is 6.83. The van der Waals surface area contributed by atoms with Crippen molar-refractivity contribution in [2.24, 2.45) is 0 Å². The standard InChI is InChI=1S/C23H28N2O4/c1-4-22(26)25-13-7-8-16-9-11-18(15-19(16)25)24-23(27)17-10-12-20(28-5-2)21(14-17)29-6-3/h9-12,14-15H,4-8,13H2,1-3H3,(H,24,27). The van der Waals surface area contributed by atoms with Crippen molar-refractivity contribution in [2.45, 2.75) is 40.0 Å². The Morgan fingerprint density at radius 1 is 1.00 bits per heavy atom. The molecule has 1 aliphatic rings. The molecule has 0 bridgehead atoms. The second kappa shape index (κ2) is 9.45. The number of nitrogens with zero attached hydrogens (tertiary/aromatic N) is 1. The molecule has 0 radical (unpaired) electrons. The van der Waals surface area contributed by atoms with Crippen LogP contribution >= 0.6 is 0 Å². The van der Waals surface area contributed by atoms with Crippen molar-refractivity contribution in [1.29, 1.82) is 0 Å². The van der Waals surface area contributed by atoms with Gasteiger partial charge in [-0.25, -0.2) is 0 Å². The highest BCUT2D eigenvalue weighted by Crippen LogP contribution is 2.32. The van der Waals surface area contributed by atoms with Crippen molar-refractivity contribution >= 4 is 23.2 Å². The summed E-state index contributed by atoms with van der Waals surface area (Å²) in [4.78, 5) is 26.9. The summed E-state index contributed by atoms with van der Waals surface area (Å²) >= 11 is 0. The van der Waals surface area contributed by atoms with Crippen LogP contribution in [-0.4, -0.2) is 31.6 Å². The third-order valence-electron chi connectivity index (χ3n) is 4.87. The van der Waals surface area contributed by atoms with Gasteiger partial charge in [-0.15, -0.1) is 0 Å². The number of amides is 2. The number of anilines is 2. The zero-order valence-electron chi connectivity index (χ0n) is 17.3. The van der Waals surface area contributed by atoms with E-state index in [9.17, 15) is 9.59 Å². The number of benzene rings is 2. The molecule has 0 unspecified atom stereocenters. The molecule has 0 saturated carbocycles. The Morgan fingerprint density at radius 3 is 2.48 bits per heavy atom. The number of hydrogen-bond donors (Lipinski definition) is 1. The van der Waals surface area contributed by atoms with Crippen LogP contribution in [0.4, 0.5) is 11.4 Å². The number of ether oxygens (including phenoxy) is 2. The molecule has 0 fully saturated rings. The van der Waals surface area contributed by atoms with Gasteiger partial charge in [0.1, 0.15) is 0 Å². The molecule has 29 heavy (non-hydrogen) atoms. The topological polar surface area (TPSA) is 67.9 Å². The van der Waals surface area contributed by atoms with Crippen molar-refractivity contribution < 1.29 is 19.1 Å². The molecule has 1 aliphatic heterocycles. The van der Waals surface area contributed by atoms with Crippen molar-refractivity contribution in [3.05, 3.63) is 47.5 Å². The van der Waals surface area contributed by atoms with Crippen LogP contribution in [0.2, 0.25) is 0 Å². The van der Waals surface area contributed by atoms with E-state index >= 15 is 0 Å². The zero-order valence-corrected chi connectivity index (χ0v) is 17.3. The molecular formula is C23H28N2O4. The van der Waals surface area contributed by atoms with Crippen molar-refractivity contribution in [3.8, 4) is 11.5 Å². The molecule has 2 aromatic rings. The quantitative estimate of drug-likeness (QED) is 0.752. The molecule has 0 aromatic heterocycles. The first kappa shape index (κ1) is 20.7. The van der Waals surface area contributed by atoms with E-state index in [1.54, 1.807) is 18.2 Å². The van der Waals surface area contributed by atoms with Crippen LogP contribution < -0.4 is 19.7 Å². The van der Waals surface area contributed by atoms with Crippen LogP contribution in [0, 0.1) is 0 Å². The number of nitrogens with one attached hydrogen (secondary N) is 1. The Hall–Kier alpha value is -3.02. The van der Waals surface area contributed by atoms with Gasteiger partial charge in [0, 0.05) is 29.9 Å². The second-order valence-corrected chi connectivity index (χ2v) is 6.83. The summed E-state index contributed by atoms with van der Waals surface area (Å²) < 4.78 is 11.2. The minimum Gasteiger partial charge on any atom is -0.490 e. The lowest BCUT2D eigenvalue weighted by Gasteiger charge is -2.29. The number of aryl methyl sites for hydroxylation is 1. The molecule has 2 aromatic carbocycles. The third kappa shape index (κ3) is 4.70. The van der Waals surface area contributed by atoms with Crippen LogP contribution in [0.5, 0.6) is 11.5 Å². The lowest BCUT2D eigenvalue weighted by atomic mass is 10.0. The summed E-state index contributed by atoms with van der Waals surface area (Å²) in [5.41, 5.74) is 3.17. The van der Waals surface area contributed by atoms with Crippen LogP contribution in [0.1, 0.15) is 49.5 Å². The molecule has 0 saturated heterocycles. The van der Waals surface area contributed by atoms with E-state index in [1.807, 2.05) is 43.9 Å². The number of fused-ring (bicyclic) bond motifs is 1. The fourth-order valence-corrected chi connectivity index (χ4v) is 3.50. The lowest BCUT2D eigenvalue weighted by Crippen LogP contribution is -2.35. The first-order valence-corrected chi connectivity index (χ1v) is 10.2. The van der Waals surface area contributed by atoms with Crippen molar-refractivity contribution in [2.75, 3.05) is 30.0 Å². The van der Waals surface area contributed by atoms with Crippen LogP contribution in [0.3, 0.4) is 0 Å². The molecule has 2 amide bonds. The maximum atomic E-state index is 12.8. The van der Waals surface area contributed by atoms with E-state index in [-0.39, 0.29) is 11.8 Å². The molecule has 6 nitrogen and oxygen atoms in total. The van der Waals surface area contributed by atoms with Crippen LogP contribution in [0.15, 0.2) is 36.4 Å². The largest absolute Gasteiger partial charge is 0.490 e. The Bertz CT molecular complexity index is 894. The van der Waals surface area contributed by atoms with Gasteiger partial charge >= 0.3 is 0 Å². The molecule has 1 heterocycles. The SMILES string of the molecule is CCOc1ccc(C(=O)Nc2ccc3c(c2)N(C(=O)CC)CCC3)cc1OCC. The van der Waals surface area contributed by atoms with E-state index in [0.717, 1.165) is 24.1 Å². The van der Waals surface area contributed by atoms with Gasteiger partial charge in [-0.2, -0.15) is 0 Å². The first-order valence-electron chi connectivity index (χ1n) is 10.2. The molecule has 6 heteroatoms. The fraction of sp³-hybridized carbons (Fsp3) is 0.391. The van der Waals surface area contributed by atoms with Gasteiger partial charge in [-0.05, 0) is 62.6 Å². The summed E-state index contributed by atoms with van der Waals surface area (Å²) in [5, 5.41) is 2.93. The fourth-order valence-electron chi connectivity index (χ4n) is 3.50. The van der Waals surface area contributed by atoms with Gasteiger partial charge in [0.2, 0.25) is 5.91 Å². The summed E-state index contributed by atoms with van der Waals surface area (Å²) in [7, 11) is 0. The molecule has 1 N–H and O–H groups in total. The molecule has 0 atom stereocenters. The Kier molecular flexibility index (Phi) is 6.75. The average Bonchev–Trinajstić information content (AvgIpc) is 2.74. The highest BCUT2D eigenvalue weighted by atomic mass is 16.5. The van der Waals surface area contributed by atoms with Gasteiger partial charge in [0.05, 0.1) is 13.2 Å². The van der Waals surface area contributed by atoms with Gasteiger partial charge in [0.15, 0.2) is 11.5 Å². The predicted molar refractivity (Wildman–Crippen MR) is 114 cm³/mol. The van der Waals surface area contributed by atoms with Crippen LogP contribution in [0.25, 0.3) is 0 Å².